The Kier molecular flexibility index (Phi) is 7.02. The predicted molar refractivity (Wildman–Crippen MR) is 128 cm³/mol. The van der Waals surface area contributed by atoms with Crippen molar-refractivity contribution in [3.8, 4) is 5.75 Å². The molecule has 0 spiro atoms. The summed E-state index contributed by atoms with van der Waals surface area (Å²) in [6, 6.07) is 20.7. The summed E-state index contributed by atoms with van der Waals surface area (Å²) in [5.74, 6) is 0.121. The van der Waals surface area contributed by atoms with Crippen molar-refractivity contribution < 1.29 is 17.9 Å². The maximum atomic E-state index is 13.5. The average Bonchev–Trinajstić information content (AvgIpc) is 2.83. The number of halogens is 1. The van der Waals surface area contributed by atoms with Crippen LogP contribution in [0.3, 0.4) is 0 Å². The average molecular weight is 485 g/mol. The molecule has 3 aromatic rings. The number of carbonyl (C=O) groups is 1. The smallest absolute Gasteiger partial charge is 0.241 e. The minimum absolute atomic E-state index is 0.0249. The van der Waals surface area contributed by atoms with E-state index in [0.717, 1.165) is 17.5 Å². The molecule has 0 saturated heterocycles. The van der Waals surface area contributed by atoms with E-state index in [9.17, 15) is 13.2 Å². The van der Waals surface area contributed by atoms with Gasteiger partial charge in [-0.25, -0.2) is 8.42 Å². The second-order valence-corrected chi connectivity index (χ2v) is 10.1. The maximum absolute atomic E-state index is 13.5. The standard InChI is InChI=1S/C25H25ClN2O4S/c1-32-24-12-11-21(16-22(24)26)33(30,31)27-23(15-18-7-3-2-4-8-18)25(29)28-14-13-19-9-5-6-10-20(19)17-28/h2-12,16,23,27H,13-15,17H2,1H3. The summed E-state index contributed by atoms with van der Waals surface area (Å²) in [6.45, 7) is 0.994. The van der Waals surface area contributed by atoms with Crippen LogP contribution in [0.4, 0.5) is 0 Å². The van der Waals surface area contributed by atoms with Crippen molar-refractivity contribution in [1.29, 1.82) is 0 Å². The van der Waals surface area contributed by atoms with Gasteiger partial charge < -0.3 is 9.64 Å². The molecule has 0 radical (unpaired) electrons. The van der Waals surface area contributed by atoms with E-state index >= 15 is 0 Å². The molecule has 1 aliphatic rings. The van der Waals surface area contributed by atoms with E-state index in [2.05, 4.69) is 10.8 Å². The highest BCUT2D eigenvalue weighted by Gasteiger charge is 2.31. The molecule has 0 bridgehead atoms. The molecule has 6 nitrogen and oxygen atoms in total. The molecule has 1 atom stereocenters. The molecule has 1 N–H and O–H groups in total. The lowest BCUT2D eigenvalue weighted by atomic mass is 9.98. The highest BCUT2D eigenvalue weighted by Crippen LogP contribution is 2.27. The molecule has 0 aliphatic carbocycles. The van der Waals surface area contributed by atoms with Crippen LogP contribution in [0.25, 0.3) is 0 Å². The predicted octanol–water partition coefficient (Wildman–Crippen LogP) is 3.82. The van der Waals surface area contributed by atoms with Gasteiger partial charge in [0.15, 0.2) is 0 Å². The zero-order valence-electron chi connectivity index (χ0n) is 18.2. The van der Waals surface area contributed by atoms with Crippen molar-refractivity contribution in [2.45, 2.75) is 30.3 Å². The van der Waals surface area contributed by atoms with Gasteiger partial charge >= 0.3 is 0 Å². The fourth-order valence-corrected chi connectivity index (χ4v) is 5.54. The first-order chi connectivity index (χ1) is 15.9. The van der Waals surface area contributed by atoms with Crippen LogP contribution in [0, 0.1) is 0 Å². The van der Waals surface area contributed by atoms with Crippen LogP contribution < -0.4 is 9.46 Å². The normalized spacial score (nSPS) is 14.4. The van der Waals surface area contributed by atoms with Gasteiger partial charge in [-0.05, 0) is 47.7 Å². The number of ether oxygens (including phenoxy) is 1. The third-order valence-electron chi connectivity index (χ3n) is 5.75. The summed E-state index contributed by atoms with van der Waals surface area (Å²) < 4.78 is 34.1. The van der Waals surface area contributed by atoms with E-state index < -0.39 is 16.1 Å². The highest BCUT2D eigenvalue weighted by atomic mass is 35.5. The van der Waals surface area contributed by atoms with Gasteiger partial charge in [0.1, 0.15) is 11.8 Å². The fourth-order valence-electron chi connectivity index (χ4n) is 4.00. The van der Waals surface area contributed by atoms with Crippen molar-refractivity contribution in [1.82, 2.24) is 9.62 Å². The summed E-state index contributed by atoms with van der Waals surface area (Å²) >= 11 is 6.14. The number of rotatable bonds is 7. The monoisotopic (exact) mass is 484 g/mol. The second kappa shape index (κ2) is 9.95. The van der Waals surface area contributed by atoms with Gasteiger partial charge in [0.25, 0.3) is 0 Å². The Morgan fingerprint density at radius 3 is 2.45 bits per heavy atom. The number of benzene rings is 3. The molecular formula is C25H25ClN2O4S. The van der Waals surface area contributed by atoms with Crippen LogP contribution in [0.5, 0.6) is 5.75 Å². The Morgan fingerprint density at radius 2 is 1.76 bits per heavy atom. The molecule has 4 rings (SSSR count). The van der Waals surface area contributed by atoms with Crippen molar-refractivity contribution in [3.63, 3.8) is 0 Å². The lowest BCUT2D eigenvalue weighted by molar-refractivity contribution is -0.133. The minimum Gasteiger partial charge on any atom is -0.495 e. The number of fused-ring (bicyclic) bond motifs is 1. The Morgan fingerprint density at radius 1 is 1.06 bits per heavy atom. The van der Waals surface area contributed by atoms with E-state index in [1.54, 1.807) is 4.90 Å². The molecule has 172 valence electrons. The molecule has 0 saturated carbocycles. The third kappa shape index (κ3) is 5.38. The molecule has 1 amide bonds. The molecule has 1 unspecified atom stereocenters. The maximum Gasteiger partial charge on any atom is 0.241 e. The molecule has 3 aromatic carbocycles. The van der Waals surface area contributed by atoms with E-state index in [1.807, 2.05) is 48.5 Å². The number of carbonyl (C=O) groups excluding carboxylic acids is 1. The number of amides is 1. The summed E-state index contributed by atoms with van der Waals surface area (Å²) in [7, 11) is -2.55. The Bertz CT molecular complexity index is 1250. The topological polar surface area (TPSA) is 75.7 Å². The third-order valence-corrected chi connectivity index (χ3v) is 7.52. The summed E-state index contributed by atoms with van der Waals surface area (Å²) in [5, 5.41) is 0.180. The van der Waals surface area contributed by atoms with Crippen molar-refractivity contribution >= 4 is 27.5 Å². The highest BCUT2D eigenvalue weighted by molar-refractivity contribution is 7.89. The number of nitrogens with one attached hydrogen (secondary N) is 1. The zero-order chi connectivity index (χ0) is 23.4. The van der Waals surface area contributed by atoms with Crippen LogP contribution in [0.2, 0.25) is 5.02 Å². The molecule has 1 heterocycles. The minimum atomic E-state index is -4.01. The zero-order valence-corrected chi connectivity index (χ0v) is 19.8. The lowest BCUT2D eigenvalue weighted by Gasteiger charge is -2.32. The van der Waals surface area contributed by atoms with Gasteiger partial charge in [0.05, 0.1) is 17.0 Å². The first-order valence-electron chi connectivity index (χ1n) is 10.6. The van der Waals surface area contributed by atoms with Gasteiger partial charge in [0.2, 0.25) is 15.9 Å². The Hall–Kier alpha value is -2.87. The van der Waals surface area contributed by atoms with Crippen LogP contribution in [-0.4, -0.2) is 38.9 Å². The van der Waals surface area contributed by atoms with E-state index in [-0.39, 0.29) is 22.2 Å². The van der Waals surface area contributed by atoms with Gasteiger partial charge in [-0.15, -0.1) is 0 Å². The lowest BCUT2D eigenvalue weighted by Crippen LogP contribution is -2.50. The van der Waals surface area contributed by atoms with Crippen molar-refractivity contribution in [2.24, 2.45) is 0 Å². The van der Waals surface area contributed by atoms with Crippen LogP contribution in [0.1, 0.15) is 16.7 Å². The van der Waals surface area contributed by atoms with E-state index in [4.69, 9.17) is 16.3 Å². The van der Waals surface area contributed by atoms with Gasteiger partial charge in [-0.3, -0.25) is 4.79 Å². The largest absolute Gasteiger partial charge is 0.495 e. The van der Waals surface area contributed by atoms with Gasteiger partial charge in [-0.1, -0.05) is 66.2 Å². The number of hydrogen-bond donors (Lipinski definition) is 1. The molecule has 1 aliphatic heterocycles. The number of methoxy groups -OCH3 is 1. The van der Waals surface area contributed by atoms with Gasteiger partial charge in [-0.2, -0.15) is 4.72 Å². The van der Waals surface area contributed by atoms with Gasteiger partial charge in [0, 0.05) is 13.1 Å². The first kappa shape index (κ1) is 23.3. The molecule has 33 heavy (non-hydrogen) atoms. The van der Waals surface area contributed by atoms with E-state index in [0.29, 0.717) is 18.8 Å². The summed E-state index contributed by atoms with van der Waals surface area (Å²) in [6.07, 6.45) is 0.974. The quantitative estimate of drug-likeness (QED) is 0.553. The van der Waals surface area contributed by atoms with Crippen LogP contribution in [-0.2, 0) is 34.2 Å². The van der Waals surface area contributed by atoms with E-state index in [1.165, 1.54) is 30.9 Å². The molecule has 0 fully saturated rings. The summed E-state index contributed by atoms with van der Waals surface area (Å²) in [4.78, 5) is 15.2. The molecule has 8 heteroatoms. The molecule has 0 aromatic heterocycles. The SMILES string of the molecule is COc1ccc(S(=O)(=O)NC(Cc2ccccc2)C(=O)N2CCc3ccccc3C2)cc1Cl. The van der Waals surface area contributed by atoms with Crippen LogP contribution in [0.15, 0.2) is 77.7 Å². The summed E-state index contributed by atoms with van der Waals surface area (Å²) in [5.41, 5.74) is 3.17. The van der Waals surface area contributed by atoms with Crippen molar-refractivity contribution in [2.75, 3.05) is 13.7 Å². The Labute approximate surface area is 199 Å². The number of sulfonamides is 1. The number of hydrogen-bond acceptors (Lipinski definition) is 4. The fraction of sp³-hybridized carbons (Fsp3) is 0.240. The Balaban J connectivity index is 1.61. The number of nitrogens with zero attached hydrogens (tertiary/aromatic N) is 1. The second-order valence-electron chi connectivity index (χ2n) is 7.94. The van der Waals surface area contributed by atoms with Crippen LogP contribution >= 0.6 is 11.6 Å². The molecular weight excluding hydrogens is 460 g/mol. The van der Waals surface area contributed by atoms with Crippen molar-refractivity contribution in [3.05, 3.63) is 94.5 Å². The first-order valence-corrected chi connectivity index (χ1v) is 12.5.